The summed E-state index contributed by atoms with van der Waals surface area (Å²) in [5.41, 5.74) is 0.892. The molecule has 1 unspecified atom stereocenters. The molecule has 2 saturated heterocycles. The average Bonchev–Trinajstić information content (AvgIpc) is 2.67. The molecular formula is C18H23N3O3. The van der Waals surface area contributed by atoms with Crippen LogP contribution < -0.4 is 0 Å². The Bertz CT molecular complexity index is 597. The van der Waals surface area contributed by atoms with Gasteiger partial charge in [-0.1, -0.05) is 6.07 Å². The molecular weight excluding hydrogens is 306 g/mol. The Labute approximate surface area is 142 Å². The molecule has 0 aromatic carbocycles. The summed E-state index contributed by atoms with van der Waals surface area (Å²) in [7, 11) is 0. The maximum atomic E-state index is 12.6. The minimum absolute atomic E-state index is 0.0432. The minimum atomic E-state index is -0.0902. The summed E-state index contributed by atoms with van der Waals surface area (Å²) in [6.07, 6.45) is 8.47. The molecule has 6 nitrogen and oxygen atoms in total. The van der Waals surface area contributed by atoms with Crippen LogP contribution in [0.3, 0.4) is 0 Å². The van der Waals surface area contributed by atoms with Crippen molar-refractivity contribution in [2.24, 2.45) is 5.92 Å². The number of hydrogen-bond donors (Lipinski definition) is 0. The number of nitrogens with zero attached hydrogens (tertiary/aromatic N) is 3. The summed E-state index contributed by atoms with van der Waals surface area (Å²) in [6, 6.07) is 3.74. The summed E-state index contributed by atoms with van der Waals surface area (Å²) in [6.45, 7) is 3.74. The number of morpholine rings is 1. The van der Waals surface area contributed by atoms with Crippen molar-refractivity contribution in [2.75, 3.05) is 39.4 Å². The third kappa shape index (κ3) is 4.20. The topological polar surface area (TPSA) is 62.7 Å². The molecule has 0 radical (unpaired) electrons. The van der Waals surface area contributed by atoms with Crippen molar-refractivity contribution in [3.63, 3.8) is 0 Å². The quantitative estimate of drug-likeness (QED) is 0.782. The SMILES string of the molecule is O=C(/C=C/c1cccnc1)N1CCCC(C(=O)N2CCOCC2)C1. The molecule has 2 aliphatic heterocycles. The molecule has 2 aliphatic rings. The predicted molar refractivity (Wildman–Crippen MR) is 90.0 cm³/mol. The number of carbonyl (C=O) groups is 2. The van der Waals surface area contributed by atoms with E-state index in [4.69, 9.17) is 4.74 Å². The van der Waals surface area contributed by atoms with Gasteiger partial charge in [0.25, 0.3) is 0 Å². The zero-order valence-corrected chi connectivity index (χ0v) is 13.8. The summed E-state index contributed by atoms with van der Waals surface area (Å²) >= 11 is 0. The normalized spacial score (nSPS) is 21.9. The number of hydrogen-bond acceptors (Lipinski definition) is 4. The van der Waals surface area contributed by atoms with E-state index in [0.29, 0.717) is 39.4 Å². The van der Waals surface area contributed by atoms with Crippen molar-refractivity contribution in [1.29, 1.82) is 0 Å². The maximum absolute atomic E-state index is 12.6. The van der Waals surface area contributed by atoms with Crippen LogP contribution in [-0.2, 0) is 14.3 Å². The monoisotopic (exact) mass is 329 g/mol. The fraction of sp³-hybridized carbons (Fsp3) is 0.500. The van der Waals surface area contributed by atoms with Gasteiger partial charge in [0.15, 0.2) is 0 Å². The average molecular weight is 329 g/mol. The van der Waals surface area contributed by atoms with Gasteiger partial charge < -0.3 is 14.5 Å². The Morgan fingerprint density at radius 3 is 2.79 bits per heavy atom. The molecule has 128 valence electrons. The number of amides is 2. The number of piperidine rings is 1. The Morgan fingerprint density at radius 1 is 1.21 bits per heavy atom. The van der Waals surface area contributed by atoms with Crippen LogP contribution in [0, 0.1) is 5.92 Å². The first kappa shape index (κ1) is 16.6. The highest BCUT2D eigenvalue weighted by atomic mass is 16.5. The lowest BCUT2D eigenvalue weighted by Gasteiger charge is -2.35. The van der Waals surface area contributed by atoms with E-state index < -0.39 is 0 Å². The molecule has 6 heteroatoms. The standard InChI is InChI=1S/C18H23N3O3/c22-17(6-5-15-3-1-7-19-13-15)21-8-2-4-16(14-21)18(23)20-9-11-24-12-10-20/h1,3,5-7,13,16H,2,4,8-12,14H2/b6-5+. The lowest BCUT2D eigenvalue weighted by molar-refractivity contribution is -0.143. The van der Waals surface area contributed by atoms with Crippen LogP contribution in [0.2, 0.25) is 0 Å². The van der Waals surface area contributed by atoms with Gasteiger partial charge in [0.05, 0.1) is 19.1 Å². The summed E-state index contributed by atoms with van der Waals surface area (Å²) in [5, 5.41) is 0. The number of rotatable bonds is 3. The third-order valence-electron chi connectivity index (χ3n) is 4.51. The van der Waals surface area contributed by atoms with Gasteiger partial charge in [-0.2, -0.15) is 0 Å². The smallest absolute Gasteiger partial charge is 0.246 e. The van der Waals surface area contributed by atoms with Gasteiger partial charge in [-0.3, -0.25) is 14.6 Å². The molecule has 0 aliphatic carbocycles. The van der Waals surface area contributed by atoms with Gasteiger partial charge in [0.2, 0.25) is 11.8 Å². The first-order valence-electron chi connectivity index (χ1n) is 8.47. The van der Waals surface area contributed by atoms with Crippen LogP contribution in [0.15, 0.2) is 30.6 Å². The lowest BCUT2D eigenvalue weighted by atomic mass is 9.96. The second-order valence-electron chi connectivity index (χ2n) is 6.18. The Balaban J connectivity index is 1.57. The van der Waals surface area contributed by atoms with Gasteiger partial charge in [-0.05, 0) is 30.5 Å². The molecule has 0 saturated carbocycles. The molecule has 0 spiro atoms. The highest BCUT2D eigenvalue weighted by molar-refractivity contribution is 5.92. The fourth-order valence-corrected chi connectivity index (χ4v) is 3.17. The van der Waals surface area contributed by atoms with Gasteiger partial charge in [0, 0.05) is 44.6 Å². The maximum Gasteiger partial charge on any atom is 0.246 e. The van der Waals surface area contributed by atoms with Crippen LogP contribution in [0.5, 0.6) is 0 Å². The van der Waals surface area contributed by atoms with Crippen molar-refractivity contribution in [2.45, 2.75) is 12.8 Å². The van der Waals surface area contributed by atoms with E-state index in [1.807, 2.05) is 17.0 Å². The van der Waals surface area contributed by atoms with E-state index in [0.717, 1.165) is 18.4 Å². The number of ether oxygens (including phenoxy) is 1. The molecule has 1 aromatic heterocycles. The van der Waals surface area contributed by atoms with Crippen molar-refractivity contribution in [1.82, 2.24) is 14.8 Å². The van der Waals surface area contributed by atoms with Crippen molar-refractivity contribution in [3.8, 4) is 0 Å². The largest absolute Gasteiger partial charge is 0.378 e. The van der Waals surface area contributed by atoms with Gasteiger partial charge in [-0.25, -0.2) is 0 Å². The Morgan fingerprint density at radius 2 is 2.04 bits per heavy atom. The summed E-state index contributed by atoms with van der Waals surface area (Å²) in [5.74, 6) is 0.0259. The van der Waals surface area contributed by atoms with Crippen molar-refractivity contribution < 1.29 is 14.3 Å². The number of pyridine rings is 1. The van der Waals surface area contributed by atoms with Crippen LogP contribution >= 0.6 is 0 Å². The Hall–Kier alpha value is -2.21. The summed E-state index contributed by atoms with van der Waals surface area (Å²) < 4.78 is 5.30. The van der Waals surface area contributed by atoms with E-state index in [2.05, 4.69) is 4.98 Å². The summed E-state index contributed by atoms with van der Waals surface area (Å²) in [4.78, 5) is 32.7. The Kier molecular flexibility index (Phi) is 5.59. The van der Waals surface area contributed by atoms with Crippen LogP contribution in [-0.4, -0.2) is 66.0 Å². The first-order chi connectivity index (χ1) is 11.7. The molecule has 1 atom stereocenters. The zero-order valence-electron chi connectivity index (χ0n) is 13.8. The van der Waals surface area contributed by atoms with Crippen molar-refractivity contribution >= 4 is 17.9 Å². The second-order valence-corrected chi connectivity index (χ2v) is 6.18. The molecule has 0 bridgehead atoms. The molecule has 24 heavy (non-hydrogen) atoms. The number of likely N-dealkylation sites (tertiary alicyclic amines) is 1. The molecule has 1 aromatic rings. The van der Waals surface area contributed by atoms with Gasteiger partial charge in [-0.15, -0.1) is 0 Å². The van der Waals surface area contributed by atoms with E-state index in [-0.39, 0.29) is 17.7 Å². The molecule has 2 fully saturated rings. The lowest BCUT2D eigenvalue weighted by Crippen LogP contribution is -2.49. The second kappa shape index (κ2) is 8.06. The third-order valence-corrected chi connectivity index (χ3v) is 4.51. The number of carbonyl (C=O) groups excluding carboxylic acids is 2. The van der Waals surface area contributed by atoms with E-state index in [1.54, 1.807) is 29.4 Å². The van der Waals surface area contributed by atoms with Crippen LogP contribution in [0.25, 0.3) is 6.08 Å². The van der Waals surface area contributed by atoms with E-state index in [9.17, 15) is 9.59 Å². The van der Waals surface area contributed by atoms with Crippen LogP contribution in [0.1, 0.15) is 18.4 Å². The van der Waals surface area contributed by atoms with Gasteiger partial charge >= 0.3 is 0 Å². The minimum Gasteiger partial charge on any atom is -0.378 e. The highest BCUT2D eigenvalue weighted by Gasteiger charge is 2.31. The van der Waals surface area contributed by atoms with E-state index >= 15 is 0 Å². The fourth-order valence-electron chi connectivity index (χ4n) is 3.17. The molecule has 3 rings (SSSR count). The molecule has 3 heterocycles. The number of aromatic nitrogens is 1. The van der Waals surface area contributed by atoms with Crippen molar-refractivity contribution in [3.05, 3.63) is 36.2 Å². The van der Waals surface area contributed by atoms with E-state index in [1.165, 1.54) is 0 Å². The first-order valence-corrected chi connectivity index (χ1v) is 8.47. The zero-order chi connectivity index (χ0) is 16.8. The highest BCUT2D eigenvalue weighted by Crippen LogP contribution is 2.20. The predicted octanol–water partition coefficient (Wildman–Crippen LogP) is 1.19. The molecule has 2 amide bonds. The molecule has 0 N–H and O–H groups in total. The van der Waals surface area contributed by atoms with Gasteiger partial charge in [0.1, 0.15) is 0 Å². The van der Waals surface area contributed by atoms with Crippen LogP contribution in [0.4, 0.5) is 0 Å².